The third kappa shape index (κ3) is 4.34. The van der Waals surface area contributed by atoms with Crippen LogP contribution in [0.25, 0.3) is 0 Å². The Bertz CT molecular complexity index is 1020. The Morgan fingerprint density at radius 3 is 2.73 bits per heavy atom. The predicted octanol–water partition coefficient (Wildman–Crippen LogP) is 5.12. The summed E-state index contributed by atoms with van der Waals surface area (Å²) in [5.41, 5.74) is 12.8. The van der Waals surface area contributed by atoms with Crippen molar-refractivity contribution in [3.8, 4) is 6.07 Å². The van der Waals surface area contributed by atoms with Gasteiger partial charge in [-0.15, -0.1) is 0 Å². The monoisotopic (exact) mass is 443 g/mol. The molecule has 2 heterocycles. The maximum absolute atomic E-state index is 9.39. The molecule has 0 spiro atoms. The van der Waals surface area contributed by atoms with Gasteiger partial charge in [0.25, 0.3) is 0 Å². The molecule has 5 heteroatoms. The minimum Gasteiger partial charge on any atom is -0.402 e. The highest BCUT2D eigenvalue weighted by Gasteiger charge is 2.45. The van der Waals surface area contributed by atoms with Crippen molar-refractivity contribution in [3.63, 3.8) is 0 Å². The van der Waals surface area contributed by atoms with Crippen molar-refractivity contribution in [3.05, 3.63) is 52.7 Å². The van der Waals surface area contributed by atoms with Crippen LogP contribution in [-0.4, -0.2) is 36.8 Å². The molecule has 3 unspecified atom stereocenters. The summed E-state index contributed by atoms with van der Waals surface area (Å²) >= 11 is 0. The fourth-order valence-corrected chi connectivity index (χ4v) is 6.52. The van der Waals surface area contributed by atoms with Gasteiger partial charge in [-0.05, 0) is 94.6 Å². The first-order valence-corrected chi connectivity index (χ1v) is 12.8. The third-order valence-corrected chi connectivity index (χ3v) is 8.33. The zero-order chi connectivity index (χ0) is 22.9. The van der Waals surface area contributed by atoms with Crippen molar-refractivity contribution in [1.82, 2.24) is 4.90 Å². The van der Waals surface area contributed by atoms with Gasteiger partial charge in [0.1, 0.15) is 0 Å². The highest BCUT2D eigenvalue weighted by Crippen LogP contribution is 2.45. The molecule has 2 aliphatic heterocycles. The number of benzene rings is 1. The second-order valence-corrected chi connectivity index (χ2v) is 10.6. The number of hydrazone groups is 1. The number of nitrogens with zero attached hydrogens (tertiary/aromatic N) is 4. The van der Waals surface area contributed by atoms with E-state index in [0.29, 0.717) is 17.9 Å². The van der Waals surface area contributed by atoms with Crippen LogP contribution in [0.2, 0.25) is 0 Å². The van der Waals surface area contributed by atoms with E-state index in [1.807, 2.05) is 13.0 Å². The average molecular weight is 444 g/mol. The molecule has 174 valence electrons. The van der Waals surface area contributed by atoms with Crippen LogP contribution in [0.5, 0.6) is 0 Å². The lowest BCUT2D eigenvalue weighted by atomic mass is 9.76. The number of likely N-dealkylation sites (tertiary alicyclic amines) is 1. The molecule has 0 aromatic heterocycles. The Morgan fingerprint density at radius 1 is 1.21 bits per heavy atom. The number of hydrogen-bond donors (Lipinski definition) is 1. The van der Waals surface area contributed by atoms with E-state index in [1.165, 1.54) is 56.5 Å². The predicted molar refractivity (Wildman–Crippen MR) is 135 cm³/mol. The summed E-state index contributed by atoms with van der Waals surface area (Å²) < 4.78 is 0. The smallest absolute Gasteiger partial charge is 0.0994 e. The number of anilines is 1. The van der Waals surface area contributed by atoms with Crippen LogP contribution < -0.4 is 10.7 Å². The Kier molecular flexibility index (Phi) is 6.29. The summed E-state index contributed by atoms with van der Waals surface area (Å²) in [5.74, 6) is 1.86. The van der Waals surface area contributed by atoms with E-state index in [1.54, 1.807) is 0 Å². The van der Waals surface area contributed by atoms with Gasteiger partial charge in [-0.1, -0.05) is 25.0 Å². The molecule has 0 amide bonds. The zero-order valence-electron chi connectivity index (χ0n) is 20.1. The van der Waals surface area contributed by atoms with Crippen molar-refractivity contribution in [2.75, 3.05) is 25.1 Å². The number of allylic oxidation sites excluding steroid dienone is 4. The molecule has 5 rings (SSSR count). The second-order valence-electron chi connectivity index (χ2n) is 10.6. The lowest BCUT2D eigenvalue weighted by Gasteiger charge is -2.34. The molecular weight excluding hydrogens is 406 g/mol. The Hall–Kier alpha value is -2.58. The Morgan fingerprint density at radius 2 is 2.03 bits per heavy atom. The lowest BCUT2D eigenvalue weighted by Crippen LogP contribution is -2.40. The summed E-state index contributed by atoms with van der Waals surface area (Å²) in [7, 11) is 2.21. The van der Waals surface area contributed by atoms with Gasteiger partial charge in [0.2, 0.25) is 0 Å². The van der Waals surface area contributed by atoms with Crippen molar-refractivity contribution in [2.45, 2.75) is 64.3 Å². The van der Waals surface area contributed by atoms with E-state index < -0.39 is 0 Å². The van der Waals surface area contributed by atoms with Gasteiger partial charge in [-0.3, -0.25) is 5.01 Å². The molecule has 1 aromatic carbocycles. The summed E-state index contributed by atoms with van der Waals surface area (Å²) in [4.78, 5) is 2.42. The molecule has 33 heavy (non-hydrogen) atoms. The van der Waals surface area contributed by atoms with E-state index in [2.05, 4.69) is 47.3 Å². The topological polar surface area (TPSA) is 68.7 Å². The molecule has 2 N–H and O–H groups in total. The molecule has 0 bridgehead atoms. The zero-order valence-corrected chi connectivity index (χ0v) is 20.1. The molecular formula is C28H37N5. The van der Waals surface area contributed by atoms with Crippen LogP contribution in [-0.2, 0) is 0 Å². The fourth-order valence-electron chi connectivity index (χ4n) is 6.52. The Labute approximate surface area is 198 Å². The van der Waals surface area contributed by atoms with Gasteiger partial charge in [0, 0.05) is 23.7 Å². The van der Waals surface area contributed by atoms with Crippen LogP contribution >= 0.6 is 0 Å². The van der Waals surface area contributed by atoms with Crippen LogP contribution in [0.4, 0.5) is 5.69 Å². The van der Waals surface area contributed by atoms with Gasteiger partial charge >= 0.3 is 0 Å². The largest absolute Gasteiger partial charge is 0.402 e. The maximum atomic E-state index is 9.39. The lowest BCUT2D eigenvalue weighted by molar-refractivity contribution is 0.353. The molecule has 4 aliphatic rings. The number of fused-ring (bicyclic) bond motifs is 1. The van der Waals surface area contributed by atoms with Gasteiger partial charge in [0.05, 0.1) is 29.1 Å². The van der Waals surface area contributed by atoms with Crippen LogP contribution in [0.1, 0.15) is 62.5 Å². The second kappa shape index (κ2) is 9.35. The fraction of sp³-hybridized carbons (Fsp3) is 0.571. The number of hydrogen-bond acceptors (Lipinski definition) is 5. The van der Waals surface area contributed by atoms with Crippen LogP contribution in [0.3, 0.4) is 0 Å². The Balaban J connectivity index is 1.45. The van der Waals surface area contributed by atoms with Gasteiger partial charge in [-0.2, -0.15) is 10.4 Å². The van der Waals surface area contributed by atoms with E-state index in [-0.39, 0.29) is 0 Å². The van der Waals surface area contributed by atoms with E-state index in [4.69, 9.17) is 10.8 Å². The van der Waals surface area contributed by atoms with Crippen molar-refractivity contribution < 1.29 is 0 Å². The quantitative estimate of drug-likeness (QED) is 0.686. The summed E-state index contributed by atoms with van der Waals surface area (Å²) in [6.45, 7) is 4.42. The highest BCUT2D eigenvalue weighted by molar-refractivity contribution is 6.08. The molecule has 2 fully saturated rings. The van der Waals surface area contributed by atoms with Crippen LogP contribution in [0, 0.1) is 36.0 Å². The molecule has 2 aliphatic carbocycles. The molecule has 1 aromatic rings. The first-order valence-electron chi connectivity index (χ1n) is 12.8. The molecule has 0 radical (unpaired) electrons. The van der Waals surface area contributed by atoms with E-state index in [0.717, 1.165) is 47.7 Å². The maximum Gasteiger partial charge on any atom is 0.0994 e. The number of nitrogens with two attached hydrogens (primary N) is 1. The minimum absolute atomic E-state index is 0.398. The van der Waals surface area contributed by atoms with Crippen molar-refractivity contribution in [2.24, 2.45) is 28.6 Å². The molecule has 1 saturated carbocycles. The first-order chi connectivity index (χ1) is 16.0. The normalized spacial score (nSPS) is 28.6. The number of rotatable bonds is 5. The van der Waals surface area contributed by atoms with Gasteiger partial charge in [0.15, 0.2) is 0 Å². The van der Waals surface area contributed by atoms with Crippen molar-refractivity contribution >= 4 is 11.4 Å². The third-order valence-electron chi connectivity index (χ3n) is 8.33. The first kappa shape index (κ1) is 22.2. The highest BCUT2D eigenvalue weighted by atomic mass is 15.5. The van der Waals surface area contributed by atoms with Gasteiger partial charge in [-0.25, -0.2) is 0 Å². The van der Waals surface area contributed by atoms with Crippen molar-refractivity contribution in [1.29, 1.82) is 5.26 Å². The molecule has 5 nitrogen and oxygen atoms in total. The average Bonchev–Trinajstić information content (AvgIpc) is 3.55. The number of aryl methyl sites for hydroxylation is 1. The summed E-state index contributed by atoms with van der Waals surface area (Å²) in [6, 6.07) is 8.86. The minimum atomic E-state index is 0.398. The SMILES string of the molecule is Cc1cc(N2N=C3C(/C=C\CC4CCN(C)C4)=C(N)CCC3C2C2CCCC2)ccc1C#N. The standard InChI is InChI=1S/C28H37N5/c1-19-16-23(11-10-22(19)17-29)33-28(21-7-3-4-8-21)25-12-13-26(30)24(27(25)31-33)9-5-6-20-14-15-32(2)18-20/h5,9-11,16,20-21,25,28H,3-4,6-8,12-15,18,30H2,1-2H3/b9-5-. The van der Waals surface area contributed by atoms with E-state index >= 15 is 0 Å². The van der Waals surface area contributed by atoms with E-state index in [9.17, 15) is 5.26 Å². The van der Waals surface area contributed by atoms with Gasteiger partial charge < -0.3 is 10.6 Å². The number of nitriles is 1. The molecule has 3 atom stereocenters. The van der Waals surface area contributed by atoms with Crippen LogP contribution in [0.15, 0.2) is 46.7 Å². The summed E-state index contributed by atoms with van der Waals surface area (Å²) in [6.07, 6.45) is 14.3. The molecule has 1 saturated heterocycles. The summed E-state index contributed by atoms with van der Waals surface area (Å²) in [5, 5.41) is 16.9.